The van der Waals surface area contributed by atoms with E-state index in [0.29, 0.717) is 27.9 Å². The molecular formula is C26H29F3N4O2S. The van der Waals surface area contributed by atoms with Crippen molar-refractivity contribution >= 4 is 23.3 Å². The topological polar surface area (TPSA) is 70.4 Å². The standard InChI is InChI=1S/C26H29F3N4O2S/c1-4-36-23-11-19(26(27,28)29)5-6-22(23)31-24-25(35)33(8-7-30-24)20-9-16(2)21(17(3)10-20)14-32-12-18(13-32)15-34/h5-11,18,34H,4,12-15H2,1-3H3,(H,30,31). The molecule has 0 bridgehead atoms. The highest BCUT2D eigenvalue weighted by atomic mass is 32.2. The smallest absolute Gasteiger partial charge is 0.396 e. The Kier molecular flexibility index (Phi) is 7.77. The van der Waals surface area contributed by atoms with E-state index in [9.17, 15) is 23.1 Å². The van der Waals surface area contributed by atoms with Gasteiger partial charge in [-0.3, -0.25) is 14.3 Å². The van der Waals surface area contributed by atoms with Gasteiger partial charge in [0.05, 0.1) is 11.3 Å². The zero-order valence-corrected chi connectivity index (χ0v) is 21.2. The van der Waals surface area contributed by atoms with E-state index in [1.165, 1.54) is 34.2 Å². The Morgan fingerprint density at radius 1 is 1.17 bits per heavy atom. The third kappa shape index (κ3) is 5.61. The van der Waals surface area contributed by atoms with Crippen LogP contribution in [0.1, 0.15) is 29.2 Å². The van der Waals surface area contributed by atoms with Gasteiger partial charge in [0.15, 0.2) is 5.82 Å². The summed E-state index contributed by atoms with van der Waals surface area (Å²) < 4.78 is 41.0. The molecule has 0 spiro atoms. The van der Waals surface area contributed by atoms with Gasteiger partial charge in [-0.2, -0.15) is 13.2 Å². The van der Waals surface area contributed by atoms with E-state index >= 15 is 0 Å². The Labute approximate surface area is 212 Å². The molecule has 0 atom stereocenters. The van der Waals surface area contributed by atoms with Gasteiger partial charge in [0.2, 0.25) is 0 Å². The number of aliphatic hydroxyl groups excluding tert-OH is 1. The predicted octanol–water partition coefficient (Wildman–Crippen LogP) is 5.15. The summed E-state index contributed by atoms with van der Waals surface area (Å²) in [6.07, 6.45) is -1.37. The predicted molar refractivity (Wildman–Crippen MR) is 136 cm³/mol. The molecule has 0 unspecified atom stereocenters. The van der Waals surface area contributed by atoms with Crippen LogP contribution in [-0.2, 0) is 12.7 Å². The number of nitrogens with zero attached hydrogens (tertiary/aromatic N) is 3. The van der Waals surface area contributed by atoms with Gasteiger partial charge >= 0.3 is 6.18 Å². The van der Waals surface area contributed by atoms with Crippen molar-refractivity contribution in [1.82, 2.24) is 14.5 Å². The number of aliphatic hydroxyl groups is 1. The first-order valence-corrected chi connectivity index (χ1v) is 12.7. The van der Waals surface area contributed by atoms with E-state index in [-0.39, 0.29) is 12.4 Å². The van der Waals surface area contributed by atoms with E-state index < -0.39 is 17.3 Å². The summed E-state index contributed by atoms with van der Waals surface area (Å²) in [4.78, 5) is 20.1. The van der Waals surface area contributed by atoms with Crippen molar-refractivity contribution in [2.75, 3.05) is 30.8 Å². The molecule has 2 N–H and O–H groups in total. The van der Waals surface area contributed by atoms with Crippen molar-refractivity contribution < 1.29 is 18.3 Å². The van der Waals surface area contributed by atoms with Gasteiger partial charge in [0.25, 0.3) is 5.56 Å². The number of halogens is 3. The Morgan fingerprint density at radius 3 is 2.47 bits per heavy atom. The molecular weight excluding hydrogens is 489 g/mol. The molecule has 2 heterocycles. The average molecular weight is 519 g/mol. The van der Waals surface area contributed by atoms with Crippen LogP contribution in [0.3, 0.4) is 0 Å². The van der Waals surface area contributed by atoms with Crippen molar-refractivity contribution in [2.45, 2.75) is 38.4 Å². The fourth-order valence-corrected chi connectivity index (χ4v) is 5.20. The number of rotatable bonds is 8. The number of likely N-dealkylation sites (tertiary alicyclic amines) is 1. The fraction of sp³-hybridized carbons (Fsp3) is 0.385. The highest BCUT2D eigenvalue weighted by Crippen LogP contribution is 2.36. The molecule has 1 aromatic heterocycles. The maximum absolute atomic E-state index is 13.3. The van der Waals surface area contributed by atoms with Crippen LogP contribution in [0.4, 0.5) is 24.7 Å². The molecule has 1 aliphatic rings. The van der Waals surface area contributed by atoms with Gasteiger partial charge in [-0.05, 0) is 66.6 Å². The number of benzene rings is 2. The molecule has 0 aliphatic carbocycles. The summed E-state index contributed by atoms with van der Waals surface area (Å²) in [6, 6.07) is 7.32. The van der Waals surface area contributed by atoms with E-state index in [4.69, 9.17) is 0 Å². The number of aryl methyl sites for hydroxylation is 2. The van der Waals surface area contributed by atoms with Crippen molar-refractivity contribution in [1.29, 1.82) is 0 Å². The quantitative estimate of drug-likeness (QED) is 0.402. The van der Waals surface area contributed by atoms with Crippen LogP contribution in [0, 0.1) is 19.8 Å². The van der Waals surface area contributed by atoms with Crippen molar-refractivity contribution in [3.63, 3.8) is 0 Å². The van der Waals surface area contributed by atoms with Crippen LogP contribution in [0.2, 0.25) is 0 Å². The third-order valence-corrected chi connectivity index (χ3v) is 7.27. The fourth-order valence-electron chi connectivity index (χ4n) is 4.41. The van der Waals surface area contributed by atoms with Crippen molar-refractivity contribution in [3.05, 3.63) is 75.3 Å². The van der Waals surface area contributed by atoms with Crippen LogP contribution in [0.25, 0.3) is 5.69 Å². The van der Waals surface area contributed by atoms with Crippen molar-refractivity contribution in [2.24, 2.45) is 5.92 Å². The lowest BCUT2D eigenvalue weighted by atomic mass is 9.96. The Balaban J connectivity index is 1.62. The molecule has 36 heavy (non-hydrogen) atoms. The van der Waals surface area contributed by atoms with Crippen LogP contribution in [-0.4, -0.2) is 45.0 Å². The second-order valence-corrected chi connectivity index (χ2v) is 10.3. The minimum Gasteiger partial charge on any atom is -0.396 e. The maximum atomic E-state index is 13.3. The first-order chi connectivity index (χ1) is 17.1. The summed E-state index contributed by atoms with van der Waals surface area (Å²) in [5.41, 5.74) is 3.26. The van der Waals surface area contributed by atoms with Gasteiger partial charge in [0, 0.05) is 55.1 Å². The van der Waals surface area contributed by atoms with E-state index in [1.54, 1.807) is 6.20 Å². The number of hydrogen-bond acceptors (Lipinski definition) is 6. The van der Waals surface area contributed by atoms with Crippen molar-refractivity contribution in [3.8, 4) is 5.69 Å². The molecule has 1 saturated heterocycles. The van der Waals surface area contributed by atoms with Crippen LogP contribution in [0.5, 0.6) is 0 Å². The number of thioether (sulfide) groups is 1. The first-order valence-electron chi connectivity index (χ1n) is 11.7. The Bertz CT molecular complexity index is 1280. The minimum absolute atomic E-state index is 0.0326. The minimum atomic E-state index is -4.45. The van der Waals surface area contributed by atoms with E-state index in [2.05, 4.69) is 15.2 Å². The highest BCUT2D eigenvalue weighted by Gasteiger charge is 2.31. The first kappa shape index (κ1) is 26.2. The molecule has 0 saturated carbocycles. The Hall–Kier alpha value is -2.82. The molecule has 10 heteroatoms. The molecule has 3 aromatic rings. The monoisotopic (exact) mass is 518 g/mol. The lowest BCUT2D eigenvalue weighted by molar-refractivity contribution is -0.137. The van der Waals surface area contributed by atoms with Crippen LogP contribution in [0.15, 0.2) is 52.4 Å². The number of alkyl halides is 3. The van der Waals surface area contributed by atoms with Crippen LogP contribution >= 0.6 is 11.8 Å². The van der Waals surface area contributed by atoms with Gasteiger partial charge in [-0.25, -0.2) is 4.98 Å². The SMILES string of the molecule is CCSc1cc(C(F)(F)F)ccc1Nc1nccn(-c2cc(C)c(CN3CC(CO)C3)c(C)c2)c1=O. The largest absolute Gasteiger partial charge is 0.416 e. The second kappa shape index (κ2) is 10.7. The number of nitrogens with one attached hydrogen (secondary N) is 1. The molecule has 1 aliphatic heterocycles. The van der Waals surface area contributed by atoms with Gasteiger partial charge in [-0.15, -0.1) is 11.8 Å². The zero-order chi connectivity index (χ0) is 26.0. The number of aromatic nitrogens is 2. The summed E-state index contributed by atoms with van der Waals surface area (Å²) in [5.74, 6) is 0.947. The molecule has 0 radical (unpaired) electrons. The van der Waals surface area contributed by atoms with E-state index in [1.807, 2.05) is 32.9 Å². The van der Waals surface area contributed by atoms with E-state index in [0.717, 1.165) is 42.9 Å². The second-order valence-electron chi connectivity index (χ2n) is 9.02. The zero-order valence-electron chi connectivity index (χ0n) is 20.4. The highest BCUT2D eigenvalue weighted by molar-refractivity contribution is 7.99. The molecule has 6 nitrogen and oxygen atoms in total. The summed E-state index contributed by atoms with van der Waals surface area (Å²) in [7, 11) is 0. The van der Waals surface area contributed by atoms with Gasteiger partial charge < -0.3 is 10.4 Å². The van der Waals surface area contributed by atoms with Crippen LogP contribution < -0.4 is 10.9 Å². The summed E-state index contributed by atoms with van der Waals surface area (Å²) in [5, 5.41) is 12.2. The lowest BCUT2D eigenvalue weighted by Gasteiger charge is -2.38. The lowest BCUT2D eigenvalue weighted by Crippen LogP contribution is -2.47. The number of anilines is 2. The average Bonchev–Trinajstić information content (AvgIpc) is 2.79. The number of hydrogen-bond donors (Lipinski definition) is 2. The normalized spacial score (nSPS) is 14.6. The molecule has 192 valence electrons. The third-order valence-electron chi connectivity index (χ3n) is 6.33. The van der Waals surface area contributed by atoms with Gasteiger partial charge in [-0.1, -0.05) is 6.92 Å². The maximum Gasteiger partial charge on any atom is 0.416 e. The summed E-state index contributed by atoms with van der Waals surface area (Å²) >= 11 is 1.26. The summed E-state index contributed by atoms with van der Waals surface area (Å²) in [6.45, 7) is 8.62. The Morgan fingerprint density at radius 2 is 1.86 bits per heavy atom. The van der Waals surface area contributed by atoms with Gasteiger partial charge in [0.1, 0.15) is 0 Å². The molecule has 0 amide bonds. The molecule has 4 rings (SSSR count). The molecule has 1 fully saturated rings. The molecule has 2 aromatic carbocycles.